The van der Waals surface area contributed by atoms with Gasteiger partial charge < -0.3 is 9.84 Å². The molecule has 2 rings (SSSR count). The fourth-order valence-corrected chi connectivity index (χ4v) is 2.28. The highest BCUT2D eigenvalue weighted by Crippen LogP contribution is 2.33. The molecule has 0 fully saturated rings. The number of ether oxygens (including phenoxy) is 1. The Hall–Kier alpha value is -2.30. The van der Waals surface area contributed by atoms with E-state index in [2.05, 4.69) is 0 Å². The highest BCUT2D eigenvalue weighted by Gasteiger charge is 2.30. The van der Waals surface area contributed by atoms with Gasteiger partial charge in [0.1, 0.15) is 5.60 Å². The number of rotatable bonds is 2. The number of para-hydroxylation sites is 1. The number of fused-ring (bicyclic) bond motifs is 1. The molecule has 1 aliphatic heterocycles. The van der Waals surface area contributed by atoms with Gasteiger partial charge in [-0.1, -0.05) is 18.2 Å². The van der Waals surface area contributed by atoms with Crippen molar-refractivity contribution in [3.05, 3.63) is 35.4 Å². The van der Waals surface area contributed by atoms with Crippen molar-refractivity contribution >= 4 is 23.8 Å². The summed E-state index contributed by atoms with van der Waals surface area (Å²) >= 11 is 0. The summed E-state index contributed by atoms with van der Waals surface area (Å²) in [6.07, 6.45) is 2.91. The second-order valence-electron chi connectivity index (χ2n) is 5.91. The quantitative estimate of drug-likeness (QED) is 0.850. The Balaban J connectivity index is 2.33. The van der Waals surface area contributed by atoms with E-state index in [1.54, 1.807) is 11.0 Å². The van der Waals surface area contributed by atoms with Gasteiger partial charge in [0.05, 0.1) is 5.69 Å². The van der Waals surface area contributed by atoms with Crippen molar-refractivity contribution in [2.45, 2.75) is 32.8 Å². The van der Waals surface area contributed by atoms with Gasteiger partial charge in [0, 0.05) is 12.6 Å². The Morgan fingerprint density at radius 3 is 2.67 bits per heavy atom. The van der Waals surface area contributed by atoms with Crippen LogP contribution in [0.15, 0.2) is 24.3 Å². The monoisotopic (exact) mass is 289 g/mol. The highest BCUT2D eigenvalue weighted by atomic mass is 16.6. The molecule has 0 atom stereocenters. The standard InChI is InChI=1S/C16H19NO4/c1-16(2,3)21-15(20)17-10-9-12-6-4-5-11(14(12)17)7-8-13(18)19/h4-8H,9-10H2,1-3H3,(H,18,19). The summed E-state index contributed by atoms with van der Waals surface area (Å²) in [6.45, 7) is 6.00. The van der Waals surface area contributed by atoms with Crippen molar-refractivity contribution < 1.29 is 19.4 Å². The van der Waals surface area contributed by atoms with Gasteiger partial charge in [0.15, 0.2) is 0 Å². The first-order valence-corrected chi connectivity index (χ1v) is 6.81. The van der Waals surface area contributed by atoms with E-state index in [0.717, 1.165) is 23.7 Å². The summed E-state index contributed by atoms with van der Waals surface area (Å²) in [5, 5.41) is 8.76. The molecule has 1 aromatic carbocycles. The SMILES string of the molecule is CC(C)(C)OC(=O)N1CCc2cccc(C=CC(=O)O)c21. The predicted molar refractivity (Wildman–Crippen MR) is 80.4 cm³/mol. The van der Waals surface area contributed by atoms with Crippen LogP contribution in [0.5, 0.6) is 0 Å². The number of benzene rings is 1. The minimum Gasteiger partial charge on any atom is -0.478 e. The van der Waals surface area contributed by atoms with Crippen LogP contribution >= 0.6 is 0 Å². The molecule has 0 aromatic heterocycles. The van der Waals surface area contributed by atoms with E-state index < -0.39 is 17.7 Å². The lowest BCUT2D eigenvalue weighted by Gasteiger charge is -2.25. The van der Waals surface area contributed by atoms with Crippen LogP contribution in [-0.2, 0) is 16.0 Å². The molecule has 1 amide bonds. The number of anilines is 1. The van der Waals surface area contributed by atoms with E-state index in [4.69, 9.17) is 9.84 Å². The van der Waals surface area contributed by atoms with E-state index in [-0.39, 0.29) is 0 Å². The Kier molecular flexibility index (Phi) is 4.02. The molecule has 1 aliphatic rings. The molecule has 0 bridgehead atoms. The number of hydrogen-bond donors (Lipinski definition) is 1. The molecule has 21 heavy (non-hydrogen) atoms. The van der Waals surface area contributed by atoms with Crippen LogP contribution in [0.2, 0.25) is 0 Å². The third-order valence-corrected chi connectivity index (χ3v) is 3.04. The molecule has 0 radical (unpaired) electrons. The zero-order valence-electron chi connectivity index (χ0n) is 12.4. The Labute approximate surface area is 123 Å². The normalized spacial score (nSPS) is 14.3. The average Bonchev–Trinajstić information content (AvgIpc) is 2.78. The molecule has 0 saturated carbocycles. The van der Waals surface area contributed by atoms with Crippen LogP contribution in [0.3, 0.4) is 0 Å². The molecule has 0 spiro atoms. The highest BCUT2D eigenvalue weighted by molar-refractivity contribution is 5.95. The van der Waals surface area contributed by atoms with Crippen molar-refractivity contribution in [3.63, 3.8) is 0 Å². The number of carbonyl (C=O) groups is 2. The van der Waals surface area contributed by atoms with Gasteiger partial charge in [0.2, 0.25) is 0 Å². The molecular weight excluding hydrogens is 270 g/mol. The number of amides is 1. The van der Waals surface area contributed by atoms with Gasteiger partial charge in [-0.3, -0.25) is 4.90 Å². The first-order chi connectivity index (χ1) is 9.78. The Morgan fingerprint density at radius 2 is 2.05 bits per heavy atom. The molecule has 0 unspecified atom stereocenters. The van der Waals surface area contributed by atoms with Gasteiger partial charge in [-0.25, -0.2) is 9.59 Å². The maximum atomic E-state index is 12.3. The minimum absolute atomic E-state index is 0.405. The van der Waals surface area contributed by atoms with Gasteiger partial charge in [-0.15, -0.1) is 0 Å². The number of carboxylic acids is 1. The molecule has 5 nitrogen and oxygen atoms in total. The molecule has 0 saturated heterocycles. The van der Waals surface area contributed by atoms with Crippen LogP contribution in [0.4, 0.5) is 10.5 Å². The zero-order valence-corrected chi connectivity index (χ0v) is 12.4. The summed E-state index contributed by atoms with van der Waals surface area (Å²) in [6, 6.07) is 5.59. The maximum absolute atomic E-state index is 12.3. The van der Waals surface area contributed by atoms with E-state index in [0.29, 0.717) is 12.1 Å². The van der Waals surface area contributed by atoms with Crippen LogP contribution in [-0.4, -0.2) is 29.3 Å². The van der Waals surface area contributed by atoms with E-state index in [9.17, 15) is 9.59 Å². The first-order valence-electron chi connectivity index (χ1n) is 6.81. The van der Waals surface area contributed by atoms with Gasteiger partial charge in [-0.2, -0.15) is 0 Å². The lowest BCUT2D eigenvalue weighted by molar-refractivity contribution is -0.131. The second kappa shape index (κ2) is 5.60. The summed E-state index contributed by atoms with van der Waals surface area (Å²) in [4.78, 5) is 24.5. The number of aliphatic carboxylic acids is 1. The fourth-order valence-electron chi connectivity index (χ4n) is 2.28. The Morgan fingerprint density at radius 1 is 1.33 bits per heavy atom. The second-order valence-corrected chi connectivity index (χ2v) is 5.91. The number of carboxylic acid groups (broad SMARTS) is 1. The van der Waals surface area contributed by atoms with Crippen molar-refractivity contribution in [2.24, 2.45) is 0 Å². The van der Waals surface area contributed by atoms with E-state index >= 15 is 0 Å². The third kappa shape index (κ3) is 3.62. The van der Waals surface area contributed by atoms with Crippen molar-refractivity contribution in [1.29, 1.82) is 0 Å². The van der Waals surface area contributed by atoms with Crippen molar-refractivity contribution in [2.75, 3.05) is 11.4 Å². The first kappa shape index (κ1) is 15.1. The topological polar surface area (TPSA) is 66.8 Å². The molecule has 1 heterocycles. The lowest BCUT2D eigenvalue weighted by atomic mass is 10.1. The smallest absolute Gasteiger partial charge is 0.414 e. The number of carbonyl (C=O) groups excluding carboxylic acids is 1. The minimum atomic E-state index is -1.02. The summed E-state index contributed by atoms with van der Waals surface area (Å²) in [7, 11) is 0. The van der Waals surface area contributed by atoms with Gasteiger partial charge >= 0.3 is 12.1 Å². The van der Waals surface area contributed by atoms with Gasteiger partial charge in [-0.05, 0) is 44.4 Å². The average molecular weight is 289 g/mol. The number of nitrogens with zero attached hydrogens (tertiary/aromatic N) is 1. The maximum Gasteiger partial charge on any atom is 0.414 e. The lowest BCUT2D eigenvalue weighted by Crippen LogP contribution is -2.36. The predicted octanol–water partition coefficient (Wildman–Crippen LogP) is 3.08. The summed E-state index contributed by atoms with van der Waals surface area (Å²) < 4.78 is 5.41. The number of hydrogen-bond acceptors (Lipinski definition) is 3. The van der Waals surface area contributed by atoms with Crippen LogP contribution in [0.1, 0.15) is 31.9 Å². The molecule has 1 aromatic rings. The molecular formula is C16H19NO4. The summed E-state index contributed by atoms with van der Waals surface area (Å²) in [5.74, 6) is -1.02. The fraction of sp³-hybridized carbons (Fsp3) is 0.375. The van der Waals surface area contributed by atoms with Crippen molar-refractivity contribution in [3.8, 4) is 0 Å². The largest absolute Gasteiger partial charge is 0.478 e. The van der Waals surface area contributed by atoms with Crippen molar-refractivity contribution in [1.82, 2.24) is 0 Å². The third-order valence-electron chi connectivity index (χ3n) is 3.04. The van der Waals surface area contributed by atoms with Crippen LogP contribution in [0, 0.1) is 0 Å². The van der Waals surface area contributed by atoms with Crippen LogP contribution in [0.25, 0.3) is 6.08 Å². The molecule has 1 N–H and O–H groups in total. The zero-order chi connectivity index (χ0) is 15.6. The van der Waals surface area contributed by atoms with E-state index in [1.807, 2.05) is 32.9 Å². The Bertz CT molecular complexity index is 599. The van der Waals surface area contributed by atoms with Crippen LogP contribution < -0.4 is 4.90 Å². The molecule has 112 valence electrons. The summed E-state index contributed by atoms with van der Waals surface area (Å²) in [5.41, 5.74) is 1.90. The molecule has 0 aliphatic carbocycles. The van der Waals surface area contributed by atoms with E-state index in [1.165, 1.54) is 6.08 Å². The molecule has 5 heteroatoms. The van der Waals surface area contributed by atoms with Gasteiger partial charge in [0.25, 0.3) is 0 Å².